The van der Waals surface area contributed by atoms with Gasteiger partial charge in [-0.2, -0.15) is 0 Å². The lowest BCUT2D eigenvalue weighted by Gasteiger charge is -2.19. The number of hydrogen-bond acceptors (Lipinski definition) is 5. The molecule has 1 aromatic rings. The molecule has 0 aliphatic heterocycles. The number of aromatic nitrogens is 2. The minimum atomic E-state index is -0.406. The third-order valence-corrected chi connectivity index (χ3v) is 2.06. The summed E-state index contributed by atoms with van der Waals surface area (Å²) in [6.07, 6.45) is 2.09. The largest absolute Gasteiger partial charge is 0.383 e. The summed E-state index contributed by atoms with van der Waals surface area (Å²) in [5.74, 6) is 0.694. The van der Waals surface area contributed by atoms with E-state index in [-0.39, 0.29) is 6.54 Å². The zero-order valence-corrected chi connectivity index (χ0v) is 8.90. The summed E-state index contributed by atoms with van der Waals surface area (Å²) >= 11 is 0. The van der Waals surface area contributed by atoms with Crippen molar-refractivity contribution in [3.05, 3.63) is 11.9 Å². The smallest absolute Gasteiger partial charge is 0.236 e. The highest BCUT2D eigenvalue weighted by atomic mass is 16.1. The molecule has 0 unspecified atom stereocenters. The molecule has 6 nitrogen and oxygen atoms in total. The number of hydrogen-bond donors (Lipinski definition) is 2. The summed E-state index contributed by atoms with van der Waals surface area (Å²) in [6, 6.07) is 0. The van der Waals surface area contributed by atoms with Crippen LogP contribution in [0.15, 0.2) is 6.33 Å². The highest BCUT2D eigenvalue weighted by molar-refractivity contribution is 5.79. The van der Waals surface area contributed by atoms with Crippen LogP contribution in [0.5, 0.6) is 0 Å². The Kier molecular flexibility index (Phi) is 3.43. The van der Waals surface area contributed by atoms with E-state index in [1.807, 2.05) is 6.92 Å². The number of carbonyl (C=O) groups excluding carboxylic acids is 1. The van der Waals surface area contributed by atoms with Crippen LogP contribution in [0.1, 0.15) is 12.5 Å². The van der Waals surface area contributed by atoms with Crippen LogP contribution in [0.3, 0.4) is 0 Å². The fourth-order valence-corrected chi connectivity index (χ4v) is 1.39. The van der Waals surface area contributed by atoms with Gasteiger partial charge in [0.15, 0.2) is 0 Å². The Labute approximate surface area is 88.3 Å². The minimum Gasteiger partial charge on any atom is -0.383 e. The van der Waals surface area contributed by atoms with Crippen LogP contribution in [0.4, 0.5) is 11.6 Å². The van der Waals surface area contributed by atoms with Crippen molar-refractivity contribution in [1.29, 1.82) is 0 Å². The Morgan fingerprint density at radius 3 is 2.73 bits per heavy atom. The number of nitrogens with two attached hydrogens (primary N) is 2. The maximum absolute atomic E-state index is 10.8. The molecule has 0 saturated heterocycles. The van der Waals surface area contributed by atoms with Crippen LogP contribution in [-0.2, 0) is 11.2 Å². The average Bonchev–Trinajstić information content (AvgIpc) is 2.16. The first-order valence-corrected chi connectivity index (χ1v) is 4.65. The number of rotatable bonds is 4. The average molecular weight is 209 g/mol. The van der Waals surface area contributed by atoms with Crippen molar-refractivity contribution in [3.63, 3.8) is 0 Å². The van der Waals surface area contributed by atoms with E-state index >= 15 is 0 Å². The number of amides is 1. The van der Waals surface area contributed by atoms with Crippen LogP contribution < -0.4 is 16.4 Å². The molecular weight excluding hydrogens is 194 g/mol. The highest BCUT2D eigenvalue weighted by Crippen LogP contribution is 2.20. The van der Waals surface area contributed by atoms with E-state index in [1.165, 1.54) is 6.33 Å². The van der Waals surface area contributed by atoms with E-state index in [0.29, 0.717) is 18.1 Å². The molecule has 1 aromatic heterocycles. The minimum absolute atomic E-state index is 0.115. The van der Waals surface area contributed by atoms with Gasteiger partial charge >= 0.3 is 0 Å². The lowest BCUT2D eigenvalue weighted by Crippen LogP contribution is -2.32. The molecule has 6 heteroatoms. The first-order valence-electron chi connectivity index (χ1n) is 4.65. The first-order chi connectivity index (χ1) is 7.06. The van der Waals surface area contributed by atoms with Gasteiger partial charge in [0.2, 0.25) is 5.91 Å². The number of nitrogen functional groups attached to an aromatic ring is 1. The molecule has 0 fully saturated rings. The predicted molar refractivity (Wildman–Crippen MR) is 58.3 cm³/mol. The maximum Gasteiger partial charge on any atom is 0.236 e. The van der Waals surface area contributed by atoms with Crippen LogP contribution in [0.25, 0.3) is 0 Å². The van der Waals surface area contributed by atoms with Gasteiger partial charge in [0.05, 0.1) is 6.54 Å². The summed E-state index contributed by atoms with van der Waals surface area (Å²) in [6.45, 7) is 2.07. The number of carbonyl (C=O) groups is 1. The van der Waals surface area contributed by atoms with Crippen molar-refractivity contribution < 1.29 is 4.79 Å². The van der Waals surface area contributed by atoms with Crippen molar-refractivity contribution >= 4 is 17.5 Å². The number of nitrogens with zero attached hydrogens (tertiary/aromatic N) is 3. The molecule has 1 rings (SSSR count). The molecule has 0 aliphatic rings. The zero-order valence-electron chi connectivity index (χ0n) is 8.90. The van der Waals surface area contributed by atoms with Crippen molar-refractivity contribution in [2.24, 2.45) is 5.73 Å². The molecule has 82 valence electrons. The van der Waals surface area contributed by atoms with Gasteiger partial charge in [-0.3, -0.25) is 4.79 Å². The van der Waals surface area contributed by atoms with E-state index in [2.05, 4.69) is 9.97 Å². The number of primary amides is 1. The topological polar surface area (TPSA) is 98.1 Å². The van der Waals surface area contributed by atoms with Gasteiger partial charge in [-0.15, -0.1) is 0 Å². The summed E-state index contributed by atoms with van der Waals surface area (Å²) < 4.78 is 0. The van der Waals surface area contributed by atoms with E-state index < -0.39 is 5.91 Å². The molecule has 15 heavy (non-hydrogen) atoms. The fraction of sp³-hybridized carbons (Fsp3) is 0.444. The SMILES string of the molecule is CCc1c(N)ncnc1N(C)CC(N)=O. The molecule has 0 spiro atoms. The highest BCUT2D eigenvalue weighted by Gasteiger charge is 2.12. The number of likely N-dealkylation sites (N-methyl/N-ethyl adjacent to an activating group) is 1. The van der Waals surface area contributed by atoms with Gasteiger partial charge in [0, 0.05) is 12.6 Å². The van der Waals surface area contributed by atoms with Gasteiger partial charge in [0.1, 0.15) is 18.0 Å². The van der Waals surface area contributed by atoms with Gasteiger partial charge in [-0.1, -0.05) is 6.92 Å². The standard InChI is InChI=1S/C9H15N5O/c1-3-6-8(11)12-5-13-9(6)14(2)4-7(10)15/h5H,3-4H2,1-2H3,(H2,10,15)(H2,11,12,13). The second-order valence-corrected chi connectivity index (χ2v) is 3.24. The van der Waals surface area contributed by atoms with Crippen molar-refractivity contribution in [2.75, 3.05) is 24.2 Å². The lowest BCUT2D eigenvalue weighted by molar-refractivity contribution is -0.116. The Balaban J connectivity index is 3.02. The molecule has 1 amide bonds. The zero-order chi connectivity index (χ0) is 11.4. The Morgan fingerprint density at radius 2 is 2.20 bits per heavy atom. The maximum atomic E-state index is 10.8. The van der Waals surface area contributed by atoms with Crippen LogP contribution >= 0.6 is 0 Å². The normalized spacial score (nSPS) is 10.0. The van der Waals surface area contributed by atoms with Gasteiger partial charge in [-0.25, -0.2) is 9.97 Å². The van der Waals surface area contributed by atoms with E-state index in [1.54, 1.807) is 11.9 Å². The summed E-state index contributed by atoms with van der Waals surface area (Å²) in [7, 11) is 1.74. The van der Waals surface area contributed by atoms with Crippen molar-refractivity contribution in [1.82, 2.24) is 9.97 Å². The first kappa shape index (κ1) is 11.2. The second-order valence-electron chi connectivity index (χ2n) is 3.24. The fourth-order valence-electron chi connectivity index (χ4n) is 1.39. The summed E-state index contributed by atoms with van der Waals surface area (Å²) in [5, 5.41) is 0. The molecule has 0 saturated carbocycles. The predicted octanol–water partition coefficient (Wildman–Crippen LogP) is -0.457. The monoisotopic (exact) mass is 209 g/mol. The van der Waals surface area contributed by atoms with Crippen LogP contribution in [0.2, 0.25) is 0 Å². The molecule has 0 atom stereocenters. The van der Waals surface area contributed by atoms with Crippen molar-refractivity contribution in [3.8, 4) is 0 Å². The van der Waals surface area contributed by atoms with Crippen molar-refractivity contribution in [2.45, 2.75) is 13.3 Å². The Hall–Kier alpha value is -1.85. The van der Waals surface area contributed by atoms with E-state index in [9.17, 15) is 4.79 Å². The van der Waals surface area contributed by atoms with Crippen LogP contribution in [0, 0.1) is 0 Å². The summed E-state index contributed by atoms with van der Waals surface area (Å²) in [5.41, 5.74) is 11.6. The molecule has 0 aliphatic carbocycles. The molecular formula is C9H15N5O. The summed E-state index contributed by atoms with van der Waals surface area (Å²) in [4.78, 5) is 20.4. The lowest BCUT2D eigenvalue weighted by atomic mass is 10.2. The van der Waals surface area contributed by atoms with Gasteiger partial charge < -0.3 is 16.4 Å². The third-order valence-electron chi connectivity index (χ3n) is 2.06. The van der Waals surface area contributed by atoms with E-state index in [4.69, 9.17) is 11.5 Å². The molecule has 0 bridgehead atoms. The Morgan fingerprint density at radius 1 is 1.53 bits per heavy atom. The van der Waals surface area contributed by atoms with Gasteiger partial charge in [0.25, 0.3) is 0 Å². The molecule has 1 heterocycles. The Bertz CT molecular complexity index is 366. The molecule has 0 aromatic carbocycles. The van der Waals surface area contributed by atoms with E-state index in [0.717, 1.165) is 5.56 Å². The molecule has 4 N–H and O–H groups in total. The van der Waals surface area contributed by atoms with Crippen LogP contribution in [-0.4, -0.2) is 29.5 Å². The third kappa shape index (κ3) is 2.55. The van der Waals surface area contributed by atoms with Gasteiger partial charge in [-0.05, 0) is 6.42 Å². The molecule has 0 radical (unpaired) electrons. The second kappa shape index (κ2) is 4.59. The number of anilines is 2. The quantitative estimate of drug-likeness (QED) is 0.699.